The summed E-state index contributed by atoms with van der Waals surface area (Å²) >= 11 is 0. The van der Waals surface area contributed by atoms with Crippen LogP contribution in [0.1, 0.15) is 24.2 Å². The molecule has 26 heavy (non-hydrogen) atoms. The van der Waals surface area contributed by atoms with Gasteiger partial charge in [-0.15, -0.1) is 0 Å². The lowest BCUT2D eigenvalue weighted by atomic mass is 10.1. The zero-order valence-electron chi connectivity index (χ0n) is 14.5. The van der Waals surface area contributed by atoms with Gasteiger partial charge in [0.05, 0.1) is 36.6 Å². The van der Waals surface area contributed by atoms with Crippen molar-refractivity contribution < 1.29 is 9.90 Å². The summed E-state index contributed by atoms with van der Waals surface area (Å²) in [5, 5.41) is 20.3. The molecule has 5 N–H and O–H groups in total. The maximum atomic E-state index is 12.3. The molecule has 0 aliphatic carbocycles. The number of benzene rings is 1. The van der Waals surface area contributed by atoms with Gasteiger partial charge in [-0.25, -0.2) is 9.78 Å². The zero-order valence-corrected chi connectivity index (χ0v) is 14.5. The molecule has 8 heteroatoms. The maximum absolute atomic E-state index is 12.3. The molecule has 0 radical (unpaired) electrons. The van der Waals surface area contributed by atoms with Gasteiger partial charge in [0.2, 0.25) is 0 Å². The second-order valence-corrected chi connectivity index (χ2v) is 5.94. The van der Waals surface area contributed by atoms with Crippen LogP contribution in [0.2, 0.25) is 0 Å². The Bertz CT molecular complexity index is 893. The van der Waals surface area contributed by atoms with Gasteiger partial charge in [0.15, 0.2) is 0 Å². The number of nitrogens with one attached hydrogen (secondary N) is 2. The summed E-state index contributed by atoms with van der Waals surface area (Å²) in [5.74, 6) is 0.353. The van der Waals surface area contributed by atoms with E-state index in [1.165, 1.54) is 0 Å². The van der Waals surface area contributed by atoms with Gasteiger partial charge in [-0.1, -0.05) is 30.3 Å². The van der Waals surface area contributed by atoms with Gasteiger partial charge >= 0.3 is 6.03 Å². The van der Waals surface area contributed by atoms with E-state index >= 15 is 0 Å². The molecule has 2 amide bonds. The first-order chi connectivity index (χ1) is 12.6. The van der Waals surface area contributed by atoms with Crippen LogP contribution in [-0.4, -0.2) is 32.4 Å². The van der Waals surface area contributed by atoms with E-state index in [1.807, 2.05) is 37.3 Å². The topological polar surface area (TPSA) is 118 Å². The molecule has 0 spiro atoms. The second kappa shape index (κ2) is 7.94. The first-order valence-corrected chi connectivity index (χ1v) is 8.41. The van der Waals surface area contributed by atoms with Gasteiger partial charge in [-0.05, 0) is 18.6 Å². The molecular formula is C18H22N6O2. The number of carbonyl (C=O) groups is 1. The third-order valence-corrected chi connectivity index (χ3v) is 4.07. The molecule has 3 rings (SSSR count). The van der Waals surface area contributed by atoms with Crippen molar-refractivity contribution in [3.63, 3.8) is 0 Å². The van der Waals surface area contributed by atoms with Gasteiger partial charge in [-0.3, -0.25) is 10.00 Å². The number of aliphatic hydroxyl groups is 1. The van der Waals surface area contributed by atoms with E-state index in [2.05, 4.69) is 20.7 Å². The van der Waals surface area contributed by atoms with Crippen molar-refractivity contribution in [3.8, 4) is 0 Å². The van der Waals surface area contributed by atoms with Crippen LogP contribution >= 0.6 is 0 Å². The third kappa shape index (κ3) is 3.81. The van der Waals surface area contributed by atoms with E-state index in [0.29, 0.717) is 24.6 Å². The quantitative estimate of drug-likeness (QED) is 0.538. The number of hydrogen-bond acceptors (Lipinski definition) is 5. The fraction of sp³-hybridized carbons (Fsp3) is 0.278. The molecule has 0 saturated carbocycles. The van der Waals surface area contributed by atoms with Crippen molar-refractivity contribution in [3.05, 3.63) is 53.9 Å². The number of anilines is 1. The monoisotopic (exact) mass is 354 g/mol. The minimum Gasteiger partial charge on any atom is -0.390 e. The summed E-state index contributed by atoms with van der Waals surface area (Å²) in [4.78, 5) is 16.6. The van der Waals surface area contributed by atoms with Gasteiger partial charge in [0.1, 0.15) is 5.82 Å². The van der Waals surface area contributed by atoms with Crippen LogP contribution in [0.15, 0.2) is 42.6 Å². The van der Waals surface area contributed by atoms with Crippen molar-refractivity contribution >= 4 is 22.8 Å². The van der Waals surface area contributed by atoms with Crippen LogP contribution < -0.4 is 16.4 Å². The van der Waals surface area contributed by atoms with Gasteiger partial charge in [0.25, 0.3) is 0 Å². The molecule has 1 atom stereocenters. The summed E-state index contributed by atoms with van der Waals surface area (Å²) in [6.45, 7) is 2.60. The fourth-order valence-electron chi connectivity index (χ4n) is 2.84. The van der Waals surface area contributed by atoms with Crippen LogP contribution in [0.3, 0.4) is 0 Å². The molecule has 3 aromatic rings. The highest BCUT2D eigenvalue weighted by Gasteiger charge is 2.14. The average Bonchev–Trinajstić information content (AvgIpc) is 3.05. The van der Waals surface area contributed by atoms with E-state index in [4.69, 9.17) is 5.73 Å². The van der Waals surface area contributed by atoms with Crippen LogP contribution in [0.25, 0.3) is 10.9 Å². The number of aliphatic hydroxyl groups excluding tert-OH is 1. The summed E-state index contributed by atoms with van der Waals surface area (Å²) < 4.78 is 1.70. The zero-order chi connectivity index (χ0) is 18.5. The minimum atomic E-state index is -0.369. The number of rotatable bonds is 6. The van der Waals surface area contributed by atoms with Crippen LogP contribution in [-0.2, 0) is 13.2 Å². The van der Waals surface area contributed by atoms with Crippen LogP contribution in [0, 0.1) is 0 Å². The Morgan fingerprint density at radius 2 is 2.12 bits per heavy atom. The fourth-order valence-corrected chi connectivity index (χ4v) is 2.84. The van der Waals surface area contributed by atoms with E-state index < -0.39 is 0 Å². The van der Waals surface area contributed by atoms with Crippen molar-refractivity contribution in [2.45, 2.75) is 26.1 Å². The second-order valence-electron chi connectivity index (χ2n) is 5.94. The van der Waals surface area contributed by atoms with Crippen LogP contribution in [0.4, 0.5) is 10.6 Å². The molecule has 0 aliphatic rings. The molecule has 136 valence electrons. The summed E-state index contributed by atoms with van der Waals surface area (Å²) in [6, 6.07) is 10.9. The Hall–Kier alpha value is -2.97. The lowest BCUT2D eigenvalue weighted by molar-refractivity contribution is 0.249. The standard InChI is InChI=1S/C18H22N6O2/c1-12(13-5-3-2-4-6-13)21-18(26)23-16-9-14-10-20-24(8-7-19)17(14)15(11-25)22-16/h2-6,9-10,12,25H,7-8,11,19H2,1H3,(H2,21,22,23,26)/t12-/m1/s1. The molecule has 0 bridgehead atoms. The predicted molar refractivity (Wildman–Crippen MR) is 99.5 cm³/mol. The van der Waals surface area contributed by atoms with E-state index in [1.54, 1.807) is 16.9 Å². The molecule has 8 nitrogen and oxygen atoms in total. The van der Waals surface area contributed by atoms with E-state index in [0.717, 1.165) is 16.5 Å². The molecular weight excluding hydrogens is 332 g/mol. The molecule has 1 aromatic carbocycles. The highest BCUT2D eigenvalue weighted by molar-refractivity contribution is 5.92. The molecule has 0 saturated heterocycles. The van der Waals surface area contributed by atoms with Crippen LogP contribution in [0.5, 0.6) is 0 Å². The third-order valence-electron chi connectivity index (χ3n) is 4.07. The Kier molecular flexibility index (Phi) is 5.45. The number of carbonyl (C=O) groups excluding carboxylic acids is 1. The number of urea groups is 1. The SMILES string of the molecule is C[C@@H](NC(=O)Nc1cc2cnn(CCN)c2c(CO)n1)c1ccccc1. The molecule has 0 unspecified atom stereocenters. The molecule has 0 fully saturated rings. The van der Waals surface area contributed by atoms with Crippen molar-refractivity contribution in [1.29, 1.82) is 0 Å². The van der Waals surface area contributed by atoms with Crippen molar-refractivity contribution in [2.75, 3.05) is 11.9 Å². The predicted octanol–water partition coefficient (Wildman–Crippen LogP) is 1.76. The number of amides is 2. The number of pyridine rings is 1. The number of aromatic nitrogens is 3. The Labute approximate surface area is 151 Å². The van der Waals surface area contributed by atoms with Crippen molar-refractivity contribution in [1.82, 2.24) is 20.1 Å². The molecule has 2 heterocycles. The summed E-state index contributed by atoms with van der Waals surface area (Å²) in [6.07, 6.45) is 1.67. The average molecular weight is 354 g/mol. The smallest absolute Gasteiger partial charge is 0.320 e. The normalized spacial score (nSPS) is 12.1. The Balaban J connectivity index is 1.77. The number of nitrogens with two attached hydrogens (primary N) is 1. The number of nitrogens with zero attached hydrogens (tertiary/aromatic N) is 3. The largest absolute Gasteiger partial charge is 0.390 e. The van der Waals surface area contributed by atoms with E-state index in [-0.39, 0.29) is 18.7 Å². The first kappa shape index (κ1) is 17.8. The lowest BCUT2D eigenvalue weighted by Gasteiger charge is -2.15. The molecule has 0 aliphatic heterocycles. The van der Waals surface area contributed by atoms with Crippen molar-refractivity contribution in [2.24, 2.45) is 5.73 Å². The lowest BCUT2D eigenvalue weighted by Crippen LogP contribution is -2.31. The number of fused-ring (bicyclic) bond motifs is 1. The van der Waals surface area contributed by atoms with E-state index in [9.17, 15) is 9.90 Å². The van der Waals surface area contributed by atoms with Gasteiger partial charge in [-0.2, -0.15) is 5.10 Å². The highest BCUT2D eigenvalue weighted by Crippen LogP contribution is 2.21. The maximum Gasteiger partial charge on any atom is 0.320 e. The Morgan fingerprint density at radius 1 is 1.35 bits per heavy atom. The summed E-state index contributed by atoms with van der Waals surface area (Å²) in [7, 11) is 0. The summed E-state index contributed by atoms with van der Waals surface area (Å²) in [5.41, 5.74) is 7.76. The first-order valence-electron chi connectivity index (χ1n) is 8.41. The highest BCUT2D eigenvalue weighted by atomic mass is 16.3. The van der Waals surface area contributed by atoms with Gasteiger partial charge < -0.3 is 16.2 Å². The minimum absolute atomic E-state index is 0.149. The Morgan fingerprint density at radius 3 is 2.81 bits per heavy atom. The molecule has 2 aromatic heterocycles. The van der Waals surface area contributed by atoms with Gasteiger partial charge in [0, 0.05) is 11.9 Å². The number of hydrogen-bond donors (Lipinski definition) is 4.